The summed E-state index contributed by atoms with van der Waals surface area (Å²) in [6.07, 6.45) is 2.73. The maximum absolute atomic E-state index is 3.70. The quantitative estimate of drug-likeness (QED) is 0.858. The highest BCUT2D eigenvalue weighted by Crippen LogP contribution is 2.27. The van der Waals surface area contributed by atoms with Gasteiger partial charge in [-0.15, -0.1) is 0 Å². The predicted molar refractivity (Wildman–Crippen MR) is 90.6 cm³/mol. The zero-order valence-corrected chi connectivity index (χ0v) is 14.4. The fourth-order valence-electron chi connectivity index (χ4n) is 2.69. The molecule has 1 fully saturated rings. The van der Waals surface area contributed by atoms with Crippen molar-refractivity contribution in [3.05, 3.63) is 28.2 Å². The van der Waals surface area contributed by atoms with Gasteiger partial charge in [-0.3, -0.25) is 0 Å². The zero-order chi connectivity index (χ0) is 14.5. The first-order valence-electron chi connectivity index (χ1n) is 7.52. The Labute approximate surface area is 131 Å². The van der Waals surface area contributed by atoms with Crippen LogP contribution in [0.3, 0.4) is 0 Å². The molecule has 20 heavy (non-hydrogen) atoms. The highest BCUT2D eigenvalue weighted by Gasteiger charge is 2.13. The van der Waals surface area contributed by atoms with Gasteiger partial charge in [0.05, 0.1) is 0 Å². The lowest BCUT2D eigenvalue weighted by Gasteiger charge is -2.24. The Bertz CT molecular complexity index is 430. The minimum absolute atomic E-state index is 0.369. The van der Waals surface area contributed by atoms with Crippen LogP contribution < -0.4 is 10.2 Å². The number of hydrogen-bond acceptors (Lipinski definition) is 3. The highest BCUT2D eigenvalue weighted by molar-refractivity contribution is 9.10. The number of likely N-dealkylation sites (tertiary alicyclic amines) is 1. The van der Waals surface area contributed by atoms with Crippen molar-refractivity contribution in [1.82, 2.24) is 10.2 Å². The molecule has 1 aliphatic heterocycles. The fourth-order valence-corrected chi connectivity index (χ4v) is 3.40. The molecule has 112 valence electrons. The number of halogens is 1. The van der Waals surface area contributed by atoms with Crippen molar-refractivity contribution >= 4 is 21.6 Å². The van der Waals surface area contributed by atoms with E-state index >= 15 is 0 Å². The van der Waals surface area contributed by atoms with E-state index in [9.17, 15) is 0 Å². The van der Waals surface area contributed by atoms with Crippen LogP contribution in [0.5, 0.6) is 0 Å². The Morgan fingerprint density at radius 3 is 2.65 bits per heavy atom. The van der Waals surface area contributed by atoms with E-state index in [4.69, 9.17) is 0 Å². The predicted octanol–water partition coefficient (Wildman–Crippen LogP) is 3.26. The molecule has 0 bridgehead atoms. The largest absolute Gasteiger partial charge is 0.373 e. The lowest BCUT2D eigenvalue weighted by molar-refractivity contribution is 0.346. The maximum atomic E-state index is 3.70. The Hall–Kier alpha value is -0.580. The molecule has 1 aliphatic rings. The van der Waals surface area contributed by atoms with Gasteiger partial charge in [0, 0.05) is 36.3 Å². The Balaban J connectivity index is 1.95. The van der Waals surface area contributed by atoms with Crippen molar-refractivity contribution in [2.24, 2.45) is 0 Å². The molecule has 0 aromatic heterocycles. The molecule has 1 saturated heterocycles. The van der Waals surface area contributed by atoms with Crippen molar-refractivity contribution < 1.29 is 0 Å². The molecule has 0 amide bonds. The summed E-state index contributed by atoms with van der Waals surface area (Å²) in [5, 5.41) is 3.28. The molecular weight excluding hydrogens is 314 g/mol. The SMILES string of the molecule is CNC(C)c1ccc(N(C)CCN2CCCC2)cc1Br. The first-order chi connectivity index (χ1) is 9.61. The van der Waals surface area contributed by atoms with Crippen molar-refractivity contribution in [3.63, 3.8) is 0 Å². The summed E-state index contributed by atoms with van der Waals surface area (Å²) < 4.78 is 1.19. The van der Waals surface area contributed by atoms with Crippen LogP contribution in [-0.2, 0) is 0 Å². The van der Waals surface area contributed by atoms with Crippen LogP contribution in [0.25, 0.3) is 0 Å². The van der Waals surface area contributed by atoms with E-state index in [0.29, 0.717) is 6.04 Å². The number of nitrogens with zero attached hydrogens (tertiary/aromatic N) is 2. The van der Waals surface area contributed by atoms with E-state index in [1.807, 2.05) is 7.05 Å². The smallest absolute Gasteiger partial charge is 0.0375 e. The summed E-state index contributed by atoms with van der Waals surface area (Å²) in [5.74, 6) is 0. The number of benzene rings is 1. The minimum Gasteiger partial charge on any atom is -0.373 e. The molecule has 1 N–H and O–H groups in total. The topological polar surface area (TPSA) is 18.5 Å². The molecule has 3 nitrogen and oxygen atoms in total. The van der Waals surface area contributed by atoms with Crippen LogP contribution in [0.15, 0.2) is 22.7 Å². The maximum Gasteiger partial charge on any atom is 0.0375 e. The lowest BCUT2D eigenvalue weighted by atomic mass is 10.1. The molecule has 1 aromatic carbocycles. The normalized spacial score (nSPS) is 17.4. The van der Waals surface area contributed by atoms with Crippen LogP contribution in [0.2, 0.25) is 0 Å². The molecule has 1 atom stereocenters. The average Bonchev–Trinajstić information content (AvgIpc) is 2.97. The van der Waals surface area contributed by atoms with Gasteiger partial charge < -0.3 is 15.1 Å². The van der Waals surface area contributed by atoms with Gasteiger partial charge in [-0.05, 0) is 57.6 Å². The van der Waals surface area contributed by atoms with E-state index in [1.165, 1.54) is 48.2 Å². The Morgan fingerprint density at radius 1 is 1.35 bits per heavy atom. The number of anilines is 1. The molecule has 1 aromatic rings. The number of rotatable bonds is 6. The van der Waals surface area contributed by atoms with Crippen LogP contribution >= 0.6 is 15.9 Å². The molecule has 1 unspecified atom stereocenters. The molecule has 0 saturated carbocycles. The number of hydrogen-bond donors (Lipinski definition) is 1. The van der Waals surface area contributed by atoms with Gasteiger partial charge in [-0.25, -0.2) is 0 Å². The van der Waals surface area contributed by atoms with E-state index < -0.39 is 0 Å². The van der Waals surface area contributed by atoms with E-state index in [0.717, 1.165) is 6.54 Å². The van der Waals surface area contributed by atoms with E-state index in [2.05, 4.69) is 63.2 Å². The van der Waals surface area contributed by atoms with Gasteiger partial charge in [-0.1, -0.05) is 22.0 Å². The summed E-state index contributed by atoms with van der Waals surface area (Å²) >= 11 is 3.70. The van der Waals surface area contributed by atoms with E-state index in [-0.39, 0.29) is 0 Å². The summed E-state index contributed by atoms with van der Waals surface area (Å²) in [6, 6.07) is 7.03. The fraction of sp³-hybridized carbons (Fsp3) is 0.625. The van der Waals surface area contributed by atoms with Gasteiger partial charge in [0.25, 0.3) is 0 Å². The molecule has 4 heteroatoms. The van der Waals surface area contributed by atoms with Crippen molar-refractivity contribution in [3.8, 4) is 0 Å². The van der Waals surface area contributed by atoms with E-state index in [1.54, 1.807) is 0 Å². The molecule has 0 radical (unpaired) electrons. The van der Waals surface area contributed by atoms with Crippen LogP contribution in [0, 0.1) is 0 Å². The Kier molecular flexibility index (Phi) is 5.87. The van der Waals surface area contributed by atoms with Gasteiger partial charge in [0.2, 0.25) is 0 Å². The zero-order valence-electron chi connectivity index (χ0n) is 12.8. The van der Waals surface area contributed by atoms with Crippen LogP contribution in [0.4, 0.5) is 5.69 Å². The second-order valence-corrected chi connectivity index (χ2v) is 6.54. The monoisotopic (exact) mass is 339 g/mol. The minimum atomic E-state index is 0.369. The number of nitrogens with one attached hydrogen (secondary N) is 1. The molecule has 1 heterocycles. The third kappa shape index (κ3) is 3.96. The van der Waals surface area contributed by atoms with Crippen LogP contribution in [-0.4, -0.2) is 45.2 Å². The summed E-state index contributed by atoms with van der Waals surface area (Å²) in [5.41, 5.74) is 2.59. The van der Waals surface area contributed by atoms with Gasteiger partial charge in [-0.2, -0.15) is 0 Å². The first kappa shape index (κ1) is 15.8. The molecule has 2 rings (SSSR count). The standard InChI is InChI=1S/C16H26BrN3/c1-13(18-2)15-7-6-14(12-16(15)17)19(3)10-11-20-8-4-5-9-20/h6-7,12-13,18H,4-5,8-11H2,1-3H3. The van der Waals surface area contributed by atoms with Crippen molar-refractivity contribution in [2.45, 2.75) is 25.8 Å². The van der Waals surface area contributed by atoms with Gasteiger partial charge in [0.1, 0.15) is 0 Å². The first-order valence-corrected chi connectivity index (χ1v) is 8.31. The number of likely N-dealkylation sites (N-methyl/N-ethyl adjacent to an activating group) is 1. The molecule has 0 aliphatic carbocycles. The average molecular weight is 340 g/mol. The Morgan fingerprint density at radius 2 is 2.05 bits per heavy atom. The van der Waals surface area contributed by atoms with Crippen LogP contribution in [0.1, 0.15) is 31.4 Å². The van der Waals surface area contributed by atoms with Crippen molar-refractivity contribution in [1.29, 1.82) is 0 Å². The third-order valence-electron chi connectivity index (χ3n) is 4.27. The molecule has 0 spiro atoms. The summed E-state index contributed by atoms with van der Waals surface area (Å²) in [4.78, 5) is 4.90. The van der Waals surface area contributed by atoms with Gasteiger partial charge in [0.15, 0.2) is 0 Å². The summed E-state index contributed by atoms with van der Waals surface area (Å²) in [6.45, 7) is 6.99. The second kappa shape index (κ2) is 7.43. The summed E-state index contributed by atoms with van der Waals surface area (Å²) in [7, 11) is 4.17. The lowest BCUT2D eigenvalue weighted by Crippen LogP contribution is -2.31. The molecular formula is C16H26BrN3. The van der Waals surface area contributed by atoms with Gasteiger partial charge >= 0.3 is 0 Å². The second-order valence-electron chi connectivity index (χ2n) is 5.69. The highest BCUT2D eigenvalue weighted by atomic mass is 79.9. The third-order valence-corrected chi connectivity index (χ3v) is 4.96. The van der Waals surface area contributed by atoms with Crippen molar-refractivity contribution in [2.75, 3.05) is 45.2 Å².